The van der Waals surface area contributed by atoms with Gasteiger partial charge in [0, 0.05) is 0 Å². The molecular formula is C12H16F2N2O3. The van der Waals surface area contributed by atoms with Crippen molar-refractivity contribution in [3.8, 4) is 5.75 Å². The molecule has 1 aromatic rings. The minimum Gasteiger partial charge on any atom is -0.480 e. The maximum absolute atomic E-state index is 11.9. The third kappa shape index (κ3) is 5.50. The van der Waals surface area contributed by atoms with Gasteiger partial charge in [0.1, 0.15) is 17.6 Å². The number of rotatable bonds is 7. The zero-order valence-electron chi connectivity index (χ0n) is 10.6. The molecule has 1 heterocycles. The van der Waals surface area contributed by atoms with E-state index in [2.05, 4.69) is 15.0 Å². The molecule has 0 aliphatic rings. The highest BCUT2D eigenvalue weighted by Crippen LogP contribution is 2.16. The number of aromatic nitrogens is 1. The number of anilines is 1. The van der Waals surface area contributed by atoms with Crippen molar-refractivity contribution < 1.29 is 23.4 Å². The van der Waals surface area contributed by atoms with Crippen molar-refractivity contribution in [2.45, 2.75) is 32.9 Å². The first-order valence-electron chi connectivity index (χ1n) is 5.78. The molecule has 0 saturated heterocycles. The molecule has 5 nitrogen and oxygen atoms in total. The summed E-state index contributed by atoms with van der Waals surface area (Å²) >= 11 is 0. The Labute approximate surface area is 109 Å². The SMILES string of the molecule is CC(C)C[C@H](Nc1ccc(OC(F)F)cn1)C(=O)O. The van der Waals surface area contributed by atoms with Crippen molar-refractivity contribution in [2.75, 3.05) is 5.32 Å². The molecule has 0 unspecified atom stereocenters. The highest BCUT2D eigenvalue weighted by molar-refractivity contribution is 5.76. The fourth-order valence-electron chi connectivity index (χ4n) is 1.51. The van der Waals surface area contributed by atoms with Gasteiger partial charge in [0.25, 0.3) is 0 Å². The molecular weight excluding hydrogens is 258 g/mol. The number of aliphatic carboxylic acids is 1. The van der Waals surface area contributed by atoms with Crippen LogP contribution in [0.4, 0.5) is 14.6 Å². The fourth-order valence-corrected chi connectivity index (χ4v) is 1.51. The van der Waals surface area contributed by atoms with E-state index in [1.807, 2.05) is 13.8 Å². The molecule has 0 aliphatic heterocycles. The normalized spacial score (nSPS) is 12.5. The maximum Gasteiger partial charge on any atom is 0.387 e. The van der Waals surface area contributed by atoms with Crippen LogP contribution in [0, 0.1) is 5.92 Å². The molecule has 0 fully saturated rings. The Morgan fingerprint density at radius 2 is 2.16 bits per heavy atom. The van der Waals surface area contributed by atoms with Crippen molar-refractivity contribution in [1.82, 2.24) is 4.98 Å². The topological polar surface area (TPSA) is 71.5 Å². The lowest BCUT2D eigenvalue weighted by molar-refractivity contribution is -0.138. The second-order valence-electron chi connectivity index (χ2n) is 4.42. The van der Waals surface area contributed by atoms with Crippen molar-refractivity contribution in [3.63, 3.8) is 0 Å². The number of carboxylic acid groups (broad SMARTS) is 1. The highest BCUT2D eigenvalue weighted by Gasteiger charge is 2.19. The van der Waals surface area contributed by atoms with Gasteiger partial charge < -0.3 is 15.2 Å². The fraction of sp³-hybridized carbons (Fsp3) is 0.500. The van der Waals surface area contributed by atoms with Crippen LogP contribution in [0.2, 0.25) is 0 Å². The van der Waals surface area contributed by atoms with Gasteiger partial charge in [0.15, 0.2) is 0 Å². The number of nitrogens with one attached hydrogen (secondary N) is 1. The average Bonchev–Trinajstić information content (AvgIpc) is 2.29. The zero-order valence-corrected chi connectivity index (χ0v) is 10.6. The van der Waals surface area contributed by atoms with E-state index in [-0.39, 0.29) is 11.7 Å². The molecule has 106 valence electrons. The molecule has 0 radical (unpaired) electrons. The monoisotopic (exact) mass is 274 g/mol. The molecule has 0 aromatic carbocycles. The van der Waals surface area contributed by atoms with Crippen LogP contribution in [0.15, 0.2) is 18.3 Å². The van der Waals surface area contributed by atoms with Crippen LogP contribution in [0.25, 0.3) is 0 Å². The average molecular weight is 274 g/mol. The van der Waals surface area contributed by atoms with Crippen LogP contribution in [0.1, 0.15) is 20.3 Å². The Morgan fingerprint density at radius 3 is 2.58 bits per heavy atom. The second kappa shape index (κ2) is 6.86. The van der Waals surface area contributed by atoms with Crippen molar-refractivity contribution in [3.05, 3.63) is 18.3 Å². The van der Waals surface area contributed by atoms with Gasteiger partial charge in [-0.05, 0) is 24.5 Å². The minimum absolute atomic E-state index is 0.0729. The van der Waals surface area contributed by atoms with Crippen LogP contribution in [-0.4, -0.2) is 28.7 Å². The smallest absolute Gasteiger partial charge is 0.387 e. The number of nitrogens with zero attached hydrogens (tertiary/aromatic N) is 1. The first-order chi connectivity index (χ1) is 8.88. The molecule has 2 N–H and O–H groups in total. The molecule has 0 spiro atoms. The molecule has 1 aromatic heterocycles. The Balaban J connectivity index is 2.67. The molecule has 0 saturated carbocycles. The van der Waals surface area contributed by atoms with Crippen LogP contribution in [-0.2, 0) is 4.79 Å². The van der Waals surface area contributed by atoms with Gasteiger partial charge in [0.05, 0.1) is 6.20 Å². The zero-order chi connectivity index (χ0) is 14.4. The van der Waals surface area contributed by atoms with E-state index in [1.54, 1.807) is 0 Å². The Hall–Kier alpha value is -1.92. The summed E-state index contributed by atoms with van der Waals surface area (Å²) in [5.74, 6) is -0.551. The second-order valence-corrected chi connectivity index (χ2v) is 4.42. The maximum atomic E-state index is 11.9. The number of hydrogen-bond acceptors (Lipinski definition) is 4. The van der Waals surface area contributed by atoms with Gasteiger partial charge in [0.2, 0.25) is 0 Å². The van der Waals surface area contributed by atoms with Crippen LogP contribution >= 0.6 is 0 Å². The molecule has 1 rings (SSSR count). The van der Waals surface area contributed by atoms with Crippen molar-refractivity contribution >= 4 is 11.8 Å². The number of alkyl halides is 2. The molecule has 0 aliphatic carbocycles. The third-order valence-corrected chi connectivity index (χ3v) is 2.29. The summed E-state index contributed by atoms with van der Waals surface area (Å²) in [5.41, 5.74) is 0. The van der Waals surface area contributed by atoms with Crippen molar-refractivity contribution in [2.24, 2.45) is 5.92 Å². The Bertz CT molecular complexity index is 410. The minimum atomic E-state index is -2.91. The van der Waals surface area contributed by atoms with E-state index in [0.717, 1.165) is 6.20 Å². The number of carbonyl (C=O) groups is 1. The number of halogens is 2. The first kappa shape index (κ1) is 15.1. The van der Waals surface area contributed by atoms with E-state index in [9.17, 15) is 13.6 Å². The standard InChI is InChI=1S/C12H16F2N2O3/c1-7(2)5-9(11(17)18)16-10-4-3-8(6-15-10)19-12(13)14/h3-4,6-7,9,12H,5H2,1-2H3,(H,15,16)(H,17,18)/t9-/m0/s1. The number of ether oxygens (including phenoxy) is 1. The number of pyridine rings is 1. The van der Waals surface area contributed by atoms with Gasteiger partial charge in [-0.1, -0.05) is 13.8 Å². The Kier molecular flexibility index (Phi) is 5.47. The predicted molar refractivity (Wildman–Crippen MR) is 65.4 cm³/mol. The van der Waals surface area contributed by atoms with Gasteiger partial charge in [-0.2, -0.15) is 8.78 Å². The lowest BCUT2D eigenvalue weighted by Gasteiger charge is -2.17. The molecule has 1 atom stereocenters. The molecule has 0 amide bonds. The summed E-state index contributed by atoms with van der Waals surface area (Å²) in [6.07, 6.45) is 1.55. The van der Waals surface area contributed by atoms with E-state index in [0.29, 0.717) is 12.2 Å². The van der Waals surface area contributed by atoms with Crippen LogP contribution in [0.5, 0.6) is 5.75 Å². The van der Waals surface area contributed by atoms with Gasteiger partial charge >= 0.3 is 12.6 Å². The van der Waals surface area contributed by atoms with Gasteiger partial charge in [-0.25, -0.2) is 9.78 Å². The van der Waals surface area contributed by atoms with E-state index < -0.39 is 18.6 Å². The quantitative estimate of drug-likeness (QED) is 0.799. The Morgan fingerprint density at radius 1 is 1.47 bits per heavy atom. The largest absolute Gasteiger partial charge is 0.480 e. The summed E-state index contributed by atoms with van der Waals surface area (Å²) in [5, 5.41) is 11.8. The predicted octanol–water partition coefficient (Wildman–Crippen LogP) is 2.59. The summed E-state index contributed by atoms with van der Waals surface area (Å²) < 4.78 is 28.0. The number of carboxylic acids is 1. The summed E-state index contributed by atoms with van der Waals surface area (Å²) in [6.45, 7) is 0.906. The highest BCUT2D eigenvalue weighted by atomic mass is 19.3. The van der Waals surface area contributed by atoms with Gasteiger partial charge in [-0.15, -0.1) is 0 Å². The van der Waals surface area contributed by atoms with Crippen LogP contribution < -0.4 is 10.1 Å². The summed E-state index contributed by atoms with van der Waals surface area (Å²) in [4.78, 5) is 14.9. The summed E-state index contributed by atoms with van der Waals surface area (Å²) in [7, 11) is 0. The third-order valence-electron chi connectivity index (χ3n) is 2.29. The summed E-state index contributed by atoms with van der Waals surface area (Å²) in [6, 6.07) is 1.93. The van der Waals surface area contributed by atoms with E-state index >= 15 is 0 Å². The lowest BCUT2D eigenvalue weighted by atomic mass is 10.0. The van der Waals surface area contributed by atoms with Crippen LogP contribution in [0.3, 0.4) is 0 Å². The van der Waals surface area contributed by atoms with E-state index in [1.165, 1.54) is 12.1 Å². The molecule has 19 heavy (non-hydrogen) atoms. The van der Waals surface area contributed by atoms with Gasteiger partial charge in [-0.3, -0.25) is 0 Å². The van der Waals surface area contributed by atoms with Crippen molar-refractivity contribution in [1.29, 1.82) is 0 Å². The lowest BCUT2D eigenvalue weighted by Crippen LogP contribution is -2.31. The van der Waals surface area contributed by atoms with E-state index in [4.69, 9.17) is 5.11 Å². The molecule has 0 bridgehead atoms. The molecule has 7 heteroatoms. The number of hydrogen-bond donors (Lipinski definition) is 2. The first-order valence-corrected chi connectivity index (χ1v) is 5.78.